The number of esters is 1. The lowest BCUT2D eigenvalue weighted by Gasteiger charge is -2.10. The van der Waals surface area contributed by atoms with Gasteiger partial charge in [0.05, 0.1) is 23.2 Å². The average molecular weight is 366 g/mol. The molecular weight excluding hydrogens is 352 g/mol. The summed E-state index contributed by atoms with van der Waals surface area (Å²) in [6.07, 6.45) is 1.47. The quantitative estimate of drug-likeness (QED) is 0.690. The number of nitrogens with one attached hydrogen (secondary N) is 1. The number of ether oxygens (including phenoxy) is 1. The van der Waals surface area contributed by atoms with Crippen LogP contribution in [-0.4, -0.2) is 23.6 Å². The normalized spacial score (nSPS) is 10.2. The molecule has 0 radical (unpaired) electrons. The number of rotatable bonds is 4. The highest BCUT2D eigenvalue weighted by molar-refractivity contribution is 7.12. The van der Waals surface area contributed by atoms with Crippen molar-refractivity contribution >= 4 is 34.6 Å². The Morgan fingerprint density at radius 2 is 2.00 bits per heavy atom. The van der Waals surface area contributed by atoms with Gasteiger partial charge in [-0.3, -0.25) is 4.79 Å². The van der Waals surface area contributed by atoms with Crippen molar-refractivity contribution < 1.29 is 14.3 Å². The molecular formula is C18H14N4O3S. The van der Waals surface area contributed by atoms with Gasteiger partial charge in [-0.15, -0.1) is 11.3 Å². The second-order valence-corrected chi connectivity index (χ2v) is 6.20. The molecule has 3 rings (SSSR count). The molecule has 26 heavy (non-hydrogen) atoms. The molecule has 0 aliphatic rings. The third-order valence-electron chi connectivity index (χ3n) is 3.69. The van der Waals surface area contributed by atoms with Gasteiger partial charge in [-0.1, -0.05) is 6.07 Å². The van der Waals surface area contributed by atoms with Crippen LogP contribution in [0.1, 0.15) is 25.7 Å². The number of nitrogens with zero attached hydrogens (tertiary/aromatic N) is 2. The number of nitrogens with two attached hydrogens (primary N) is 1. The molecule has 0 bridgehead atoms. The van der Waals surface area contributed by atoms with E-state index in [9.17, 15) is 9.59 Å². The van der Waals surface area contributed by atoms with Crippen LogP contribution in [0.4, 0.5) is 11.4 Å². The predicted molar refractivity (Wildman–Crippen MR) is 98.5 cm³/mol. The van der Waals surface area contributed by atoms with Crippen LogP contribution < -0.4 is 11.1 Å². The summed E-state index contributed by atoms with van der Waals surface area (Å²) in [7, 11) is 1.24. The van der Waals surface area contributed by atoms with E-state index in [0.717, 1.165) is 0 Å². The summed E-state index contributed by atoms with van der Waals surface area (Å²) in [6.45, 7) is 0. The molecule has 2 aromatic heterocycles. The summed E-state index contributed by atoms with van der Waals surface area (Å²) < 4.78 is 6.24. The minimum atomic E-state index is -0.640. The van der Waals surface area contributed by atoms with E-state index in [-0.39, 0.29) is 22.9 Å². The third kappa shape index (κ3) is 3.16. The van der Waals surface area contributed by atoms with Crippen LogP contribution in [0.25, 0.3) is 5.69 Å². The van der Waals surface area contributed by atoms with Crippen molar-refractivity contribution in [2.24, 2.45) is 0 Å². The molecule has 7 nitrogen and oxygen atoms in total. The van der Waals surface area contributed by atoms with Crippen molar-refractivity contribution in [3.8, 4) is 11.8 Å². The van der Waals surface area contributed by atoms with E-state index in [4.69, 9.17) is 15.7 Å². The molecule has 3 N–H and O–H groups in total. The molecule has 0 spiro atoms. The number of aromatic nitrogens is 1. The van der Waals surface area contributed by atoms with Gasteiger partial charge in [-0.05, 0) is 35.7 Å². The number of nitrogen functional groups attached to an aromatic ring is 1. The molecule has 0 aliphatic carbocycles. The van der Waals surface area contributed by atoms with Crippen molar-refractivity contribution in [3.63, 3.8) is 0 Å². The van der Waals surface area contributed by atoms with E-state index in [1.165, 1.54) is 29.2 Å². The van der Waals surface area contributed by atoms with Gasteiger partial charge in [0.15, 0.2) is 5.69 Å². The Bertz CT molecular complexity index is 998. The number of amides is 1. The molecule has 0 saturated carbocycles. The molecule has 0 fully saturated rings. The smallest absolute Gasteiger partial charge is 0.357 e. The van der Waals surface area contributed by atoms with E-state index in [1.54, 1.807) is 36.4 Å². The van der Waals surface area contributed by atoms with Crippen molar-refractivity contribution in [2.75, 3.05) is 18.2 Å². The first-order chi connectivity index (χ1) is 12.5. The van der Waals surface area contributed by atoms with E-state index in [2.05, 4.69) is 5.32 Å². The van der Waals surface area contributed by atoms with Crippen molar-refractivity contribution in [1.29, 1.82) is 5.26 Å². The van der Waals surface area contributed by atoms with E-state index in [0.29, 0.717) is 16.3 Å². The maximum atomic E-state index is 12.1. The zero-order valence-corrected chi connectivity index (χ0v) is 14.5. The van der Waals surface area contributed by atoms with Gasteiger partial charge in [-0.25, -0.2) is 4.79 Å². The summed E-state index contributed by atoms with van der Waals surface area (Å²) in [5.74, 6) is -0.834. The number of nitriles is 1. The second-order valence-electron chi connectivity index (χ2n) is 5.26. The minimum Gasteiger partial charge on any atom is -0.464 e. The molecule has 0 aliphatic heterocycles. The van der Waals surface area contributed by atoms with Crippen LogP contribution in [0.2, 0.25) is 0 Å². The number of carbonyl (C=O) groups is 2. The Morgan fingerprint density at radius 1 is 1.27 bits per heavy atom. The summed E-state index contributed by atoms with van der Waals surface area (Å²) in [5, 5.41) is 13.8. The van der Waals surface area contributed by atoms with Crippen LogP contribution in [0.3, 0.4) is 0 Å². The van der Waals surface area contributed by atoms with Gasteiger partial charge in [-0.2, -0.15) is 5.26 Å². The fourth-order valence-electron chi connectivity index (χ4n) is 2.42. The van der Waals surface area contributed by atoms with E-state index < -0.39 is 5.97 Å². The van der Waals surface area contributed by atoms with Gasteiger partial charge >= 0.3 is 5.97 Å². The number of hydrogen-bond donors (Lipinski definition) is 2. The molecule has 0 atom stereocenters. The first-order valence-corrected chi connectivity index (χ1v) is 8.37. The van der Waals surface area contributed by atoms with Crippen LogP contribution in [0.5, 0.6) is 0 Å². The van der Waals surface area contributed by atoms with Crippen LogP contribution >= 0.6 is 11.3 Å². The maximum absolute atomic E-state index is 12.1. The highest BCUT2D eigenvalue weighted by atomic mass is 32.1. The fraction of sp³-hybridized carbons (Fsp3) is 0.0556. The van der Waals surface area contributed by atoms with Crippen LogP contribution in [-0.2, 0) is 4.74 Å². The molecule has 2 heterocycles. The lowest BCUT2D eigenvalue weighted by molar-refractivity contribution is 0.0593. The van der Waals surface area contributed by atoms with Gasteiger partial charge < -0.3 is 20.4 Å². The topological polar surface area (TPSA) is 110 Å². The number of anilines is 2. The number of methoxy groups -OCH3 is 1. The summed E-state index contributed by atoms with van der Waals surface area (Å²) in [4.78, 5) is 24.7. The molecule has 1 aromatic carbocycles. The van der Waals surface area contributed by atoms with E-state index in [1.807, 2.05) is 11.4 Å². The van der Waals surface area contributed by atoms with E-state index >= 15 is 0 Å². The van der Waals surface area contributed by atoms with Gasteiger partial charge in [0.25, 0.3) is 5.91 Å². The fourth-order valence-corrected chi connectivity index (χ4v) is 3.04. The van der Waals surface area contributed by atoms with Crippen LogP contribution in [0.15, 0.2) is 48.0 Å². The van der Waals surface area contributed by atoms with Crippen molar-refractivity contribution in [2.45, 2.75) is 0 Å². The lowest BCUT2D eigenvalue weighted by atomic mass is 10.2. The SMILES string of the molecule is COC(=O)c1c(N)c(C#N)cn1-c1ccc(NC(=O)c2cccs2)cc1. The highest BCUT2D eigenvalue weighted by Gasteiger charge is 2.21. The monoisotopic (exact) mass is 366 g/mol. The Hall–Kier alpha value is -3.57. The van der Waals surface area contributed by atoms with Crippen molar-refractivity contribution in [3.05, 3.63) is 64.1 Å². The largest absolute Gasteiger partial charge is 0.464 e. The molecule has 1 amide bonds. The Morgan fingerprint density at radius 3 is 2.58 bits per heavy atom. The Balaban J connectivity index is 1.91. The standard InChI is InChI=1S/C18H14N4O3S/c1-25-18(24)16-15(20)11(9-19)10-22(16)13-6-4-12(5-7-13)21-17(23)14-3-2-8-26-14/h2-8,10H,20H2,1H3,(H,21,23). The predicted octanol–water partition coefficient (Wildman–Crippen LogP) is 3.03. The average Bonchev–Trinajstić information content (AvgIpc) is 3.30. The Labute approximate surface area is 153 Å². The third-order valence-corrected chi connectivity index (χ3v) is 4.56. The Kier molecular flexibility index (Phi) is 4.73. The number of carbonyl (C=O) groups excluding carboxylic acids is 2. The minimum absolute atomic E-state index is 0.0643. The second kappa shape index (κ2) is 7.13. The molecule has 3 aromatic rings. The molecule has 0 saturated heterocycles. The molecule has 130 valence electrons. The molecule has 0 unspecified atom stereocenters. The first-order valence-electron chi connectivity index (χ1n) is 7.49. The van der Waals surface area contributed by atoms with Crippen LogP contribution in [0, 0.1) is 11.3 Å². The zero-order valence-electron chi connectivity index (χ0n) is 13.7. The van der Waals surface area contributed by atoms with Crippen molar-refractivity contribution in [1.82, 2.24) is 4.57 Å². The lowest BCUT2D eigenvalue weighted by Crippen LogP contribution is -2.12. The first kappa shape index (κ1) is 17.3. The van der Waals surface area contributed by atoms with Gasteiger partial charge in [0, 0.05) is 17.6 Å². The maximum Gasteiger partial charge on any atom is 0.357 e. The highest BCUT2D eigenvalue weighted by Crippen LogP contribution is 2.25. The zero-order chi connectivity index (χ0) is 18.7. The molecule has 8 heteroatoms. The van der Waals surface area contributed by atoms with Gasteiger partial charge in [0.1, 0.15) is 6.07 Å². The number of hydrogen-bond acceptors (Lipinski definition) is 6. The van der Waals surface area contributed by atoms with Gasteiger partial charge in [0.2, 0.25) is 0 Å². The number of benzene rings is 1. The summed E-state index contributed by atoms with van der Waals surface area (Å²) in [5.41, 5.74) is 7.41. The summed E-state index contributed by atoms with van der Waals surface area (Å²) in [6, 6.07) is 12.3. The number of thiophene rings is 1. The summed E-state index contributed by atoms with van der Waals surface area (Å²) >= 11 is 1.35.